The van der Waals surface area contributed by atoms with E-state index in [0.717, 1.165) is 5.69 Å². The molecule has 0 aliphatic carbocycles. The van der Waals surface area contributed by atoms with Crippen molar-refractivity contribution in [2.24, 2.45) is 0 Å². The van der Waals surface area contributed by atoms with Crippen LogP contribution in [0.3, 0.4) is 0 Å². The summed E-state index contributed by atoms with van der Waals surface area (Å²) < 4.78 is 0. The molecule has 0 saturated carbocycles. The molecule has 78 valence electrons. The number of hydrogen-bond donors (Lipinski definition) is 1. The molecule has 0 atom stereocenters. The lowest BCUT2D eigenvalue weighted by Crippen LogP contribution is -1.89. The van der Waals surface area contributed by atoms with Crippen molar-refractivity contribution >= 4 is 5.69 Å². The Bertz CT molecular complexity index is 481. The van der Waals surface area contributed by atoms with Crippen LogP contribution in [0.2, 0.25) is 0 Å². The average Bonchev–Trinajstić information content (AvgIpc) is 2.32. The van der Waals surface area contributed by atoms with Crippen LogP contribution >= 0.6 is 0 Å². The molecule has 0 saturated heterocycles. The van der Waals surface area contributed by atoms with Crippen molar-refractivity contribution in [2.45, 2.75) is 6.92 Å². The van der Waals surface area contributed by atoms with Crippen LogP contribution in [0.25, 0.3) is 0 Å². The van der Waals surface area contributed by atoms with E-state index >= 15 is 0 Å². The number of anilines is 1. The summed E-state index contributed by atoms with van der Waals surface area (Å²) in [4.78, 5) is 0. The summed E-state index contributed by atoms with van der Waals surface area (Å²) in [5, 5.41) is 20.1. The standard InChI is InChI=1S/C13H11N3/c1-11-4-6-13(7-5-11)16-10-12(9-15)3-2-8-14/h2-7,10,16H,1H3/b3-2+,12-10+. The SMILES string of the molecule is Cc1ccc(N/C=C(C#N)\C=C\C#N)cc1. The molecule has 0 amide bonds. The van der Waals surface area contributed by atoms with Gasteiger partial charge in [0.05, 0.1) is 11.6 Å². The van der Waals surface area contributed by atoms with Crippen LogP contribution in [0, 0.1) is 29.6 Å². The third-order valence-corrected chi connectivity index (χ3v) is 1.91. The first-order valence-corrected chi connectivity index (χ1v) is 4.76. The summed E-state index contributed by atoms with van der Waals surface area (Å²) in [6, 6.07) is 11.6. The highest BCUT2D eigenvalue weighted by molar-refractivity contribution is 5.49. The molecule has 0 aliphatic rings. The zero-order valence-electron chi connectivity index (χ0n) is 8.94. The molecule has 3 heteroatoms. The van der Waals surface area contributed by atoms with E-state index in [1.807, 2.05) is 43.3 Å². The maximum Gasteiger partial charge on any atom is 0.101 e. The van der Waals surface area contributed by atoms with Gasteiger partial charge in [0, 0.05) is 18.0 Å². The molecule has 1 aromatic rings. The molecule has 0 bridgehead atoms. The number of hydrogen-bond acceptors (Lipinski definition) is 3. The maximum atomic E-state index is 8.76. The monoisotopic (exact) mass is 209 g/mol. The summed E-state index contributed by atoms with van der Waals surface area (Å²) >= 11 is 0. The van der Waals surface area contributed by atoms with E-state index in [1.54, 1.807) is 6.20 Å². The summed E-state index contributed by atoms with van der Waals surface area (Å²) in [6.45, 7) is 2.01. The lowest BCUT2D eigenvalue weighted by Gasteiger charge is -2.00. The number of nitrogens with one attached hydrogen (secondary N) is 1. The van der Waals surface area contributed by atoms with Crippen LogP contribution in [-0.4, -0.2) is 0 Å². The fourth-order valence-corrected chi connectivity index (χ4v) is 1.06. The van der Waals surface area contributed by atoms with Gasteiger partial charge in [-0.25, -0.2) is 0 Å². The minimum atomic E-state index is 0.405. The van der Waals surface area contributed by atoms with Crippen LogP contribution in [0.1, 0.15) is 5.56 Å². The fraction of sp³-hybridized carbons (Fsp3) is 0.0769. The van der Waals surface area contributed by atoms with Crippen molar-refractivity contribution in [3.8, 4) is 12.1 Å². The van der Waals surface area contributed by atoms with Crippen molar-refractivity contribution in [3.05, 3.63) is 53.8 Å². The topological polar surface area (TPSA) is 59.6 Å². The van der Waals surface area contributed by atoms with E-state index in [9.17, 15) is 0 Å². The largest absolute Gasteiger partial charge is 0.360 e. The Hall–Kier alpha value is -2.52. The van der Waals surface area contributed by atoms with Gasteiger partial charge in [-0.2, -0.15) is 10.5 Å². The minimum absolute atomic E-state index is 0.405. The Morgan fingerprint density at radius 1 is 1.25 bits per heavy atom. The first-order chi connectivity index (χ1) is 7.76. The lowest BCUT2D eigenvalue weighted by atomic mass is 10.2. The second-order valence-corrected chi connectivity index (χ2v) is 3.18. The summed E-state index contributed by atoms with van der Waals surface area (Å²) in [6.07, 6.45) is 4.30. The van der Waals surface area contributed by atoms with Gasteiger partial charge >= 0.3 is 0 Å². The number of nitrogens with zero attached hydrogens (tertiary/aromatic N) is 2. The fourth-order valence-electron chi connectivity index (χ4n) is 1.06. The van der Waals surface area contributed by atoms with Gasteiger partial charge in [-0.15, -0.1) is 0 Å². The van der Waals surface area contributed by atoms with Crippen LogP contribution in [-0.2, 0) is 0 Å². The highest BCUT2D eigenvalue weighted by Gasteiger charge is 1.90. The molecule has 0 fully saturated rings. The molecule has 3 nitrogen and oxygen atoms in total. The van der Waals surface area contributed by atoms with Crippen molar-refractivity contribution in [1.82, 2.24) is 0 Å². The van der Waals surface area contributed by atoms with Gasteiger partial charge < -0.3 is 5.32 Å². The molecule has 0 aliphatic heterocycles. The van der Waals surface area contributed by atoms with Gasteiger partial charge in [-0.1, -0.05) is 17.7 Å². The molecule has 1 aromatic carbocycles. The Balaban J connectivity index is 2.72. The van der Waals surface area contributed by atoms with Gasteiger partial charge in [-0.05, 0) is 25.1 Å². The molecule has 0 spiro atoms. The van der Waals surface area contributed by atoms with E-state index in [-0.39, 0.29) is 0 Å². The van der Waals surface area contributed by atoms with Crippen molar-refractivity contribution in [2.75, 3.05) is 5.32 Å². The molecular weight excluding hydrogens is 198 g/mol. The summed E-state index contributed by atoms with van der Waals surface area (Å²) in [5.74, 6) is 0. The van der Waals surface area contributed by atoms with Crippen molar-refractivity contribution < 1.29 is 0 Å². The maximum absolute atomic E-state index is 8.76. The van der Waals surface area contributed by atoms with Gasteiger partial charge in [0.15, 0.2) is 0 Å². The predicted octanol–water partition coefficient (Wildman–Crippen LogP) is 2.89. The molecule has 0 heterocycles. The molecule has 1 rings (SSSR count). The van der Waals surface area contributed by atoms with Gasteiger partial charge in [0.25, 0.3) is 0 Å². The Morgan fingerprint density at radius 2 is 1.94 bits per heavy atom. The number of nitriles is 2. The van der Waals surface area contributed by atoms with Crippen LogP contribution in [0.5, 0.6) is 0 Å². The minimum Gasteiger partial charge on any atom is -0.360 e. The number of aryl methyl sites for hydroxylation is 1. The van der Waals surface area contributed by atoms with Crippen LogP contribution < -0.4 is 5.32 Å². The van der Waals surface area contributed by atoms with E-state index in [2.05, 4.69) is 5.32 Å². The second-order valence-electron chi connectivity index (χ2n) is 3.18. The van der Waals surface area contributed by atoms with E-state index < -0.39 is 0 Å². The summed E-state index contributed by atoms with van der Waals surface area (Å²) in [5.41, 5.74) is 2.49. The predicted molar refractivity (Wildman–Crippen MR) is 63.3 cm³/mol. The highest BCUT2D eigenvalue weighted by atomic mass is 14.8. The summed E-state index contributed by atoms with van der Waals surface area (Å²) in [7, 11) is 0. The van der Waals surface area contributed by atoms with Crippen LogP contribution in [0.4, 0.5) is 5.69 Å². The van der Waals surface area contributed by atoms with Gasteiger partial charge in [0.2, 0.25) is 0 Å². The quantitative estimate of drug-likeness (QED) is 0.615. The Labute approximate surface area is 94.9 Å². The van der Waals surface area contributed by atoms with Gasteiger partial charge in [0.1, 0.15) is 6.07 Å². The highest BCUT2D eigenvalue weighted by Crippen LogP contribution is 2.09. The third kappa shape index (κ3) is 3.69. The van der Waals surface area contributed by atoms with E-state index in [4.69, 9.17) is 10.5 Å². The first-order valence-electron chi connectivity index (χ1n) is 4.76. The lowest BCUT2D eigenvalue weighted by molar-refractivity contribution is 1.44. The smallest absolute Gasteiger partial charge is 0.101 e. The zero-order chi connectivity index (χ0) is 11.8. The second kappa shape index (κ2) is 6.06. The molecule has 16 heavy (non-hydrogen) atoms. The zero-order valence-corrected chi connectivity index (χ0v) is 8.94. The van der Waals surface area contributed by atoms with E-state index in [0.29, 0.717) is 5.57 Å². The molecule has 1 N–H and O–H groups in total. The number of rotatable bonds is 3. The van der Waals surface area contributed by atoms with Crippen molar-refractivity contribution in [1.29, 1.82) is 10.5 Å². The first kappa shape index (κ1) is 11.6. The number of benzene rings is 1. The Morgan fingerprint density at radius 3 is 2.50 bits per heavy atom. The van der Waals surface area contributed by atoms with E-state index in [1.165, 1.54) is 17.7 Å². The molecule has 0 unspecified atom stereocenters. The molecule has 0 aromatic heterocycles. The Kier molecular flexibility index (Phi) is 4.37. The number of allylic oxidation sites excluding steroid dienone is 3. The normalized spacial score (nSPS) is 10.8. The molecular formula is C13H11N3. The molecule has 0 radical (unpaired) electrons. The van der Waals surface area contributed by atoms with Gasteiger partial charge in [-0.3, -0.25) is 0 Å². The van der Waals surface area contributed by atoms with Crippen molar-refractivity contribution in [3.63, 3.8) is 0 Å². The van der Waals surface area contributed by atoms with Crippen LogP contribution in [0.15, 0.2) is 48.2 Å². The average molecular weight is 209 g/mol. The third-order valence-electron chi connectivity index (χ3n) is 1.91.